The van der Waals surface area contributed by atoms with Crippen molar-refractivity contribution in [1.29, 1.82) is 0 Å². The van der Waals surface area contributed by atoms with Gasteiger partial charge in [0, 0.05) is 5.38 Å². The first-order valence-corrected chi connectivity index (χ1v) is 5.62. The van der Waals surface area contributed by atoms with E-state index in [1.165, 1.54) is 12.2 Å². The lowest BCUT2D eigenvalue weighted by atomic mass is 10.0. The smallest absolute Gasteiger partial charge is 0.0310 e. The maximum Gasteiger partial charge on any atom is 0.0310 e. The first kappa shape index (κ1) is 10.6. The van der Waals surface area contributed by atoms with Crippen LogP contribution in [0.2, 0.25) is 0 Å². The molecule has 10 heavy (non-hydrogen) atoms. The van der Waals surface area contributed by atoms with E-state index in [4.69, 9.17) is 11.6 Å². The zero-order valence-corrected chi connectivity index (χ0v) is 8.63. The Labute approximate surface area is 73.7 Å². The summed E-state index contributed by atoms with van der Waals surface area (Å²) in [5.74, 6) is 2.06. The van der Waals surface area contributed by atoms with Crippen molar-refractivity contribution in [1.82, 2.24) is 0 Å². The molecule has 0 aliphatic carbocycles. The van der Waals surface area contributed by atoms with Gasteiger partial charge in [0.05, 0.1) is 0 Å². The Balaban J connectivity index is 3.16. The number of alkyl halides is 1. The number of thioether (sulfide) groups is 1. The molecule has 0 fully saturated rings. The fraction of sp³-hybridized carbons (Fsp3) is 1.00. The molecule has 0 radical (unpaired) electrons. The van der Waals surface area contributed by atoms with Crippen molar-refractivity contribution < 1.29 is 0 Å². The van der Waals surface area contributed by atoms with Gasteiger partial charge < -0.3 is 0 Å². The molecule has 0 amide bonds. The minimum absolute atomic E-state index is 0.344. The molecule has 0 rings (SSSR count). The molecular formula is C8H17ClS. The molecule has 0 bridgehead atoms. The third kappa shape index (κ3) is 6.76. The molecule has 0 aromatic heterocycles. The summed E-state index contributed by atoms with van der Waals surface area (Å²) >= 11 is 7.76. The van der Waals surface area contributed by atoms with Crippen molar-refractivity contribution in [3.63, 3.8) is 0 Å². The summed E-state index contributed by atoms with van der Waals surface area (Å²) < 4.78 is 0. The molecule has 0 aromatic carbocycles. The van der Waals surface area contributed by atoms with E-state index in [0.29, 0.717) is 5.38 Å². The predicted molar refractivity (Wildman–Crippen MR) is 52.1 cm³/mol. The molecule has 2 atom stereocenters. The van der Waals surface area contributed by atoms with E-state index in [0.717, 1.165) is 12.3 Å². The minimum Gasteiger partial charge on any atom is -0.165 e. The molecule has 0 spiro atoms. The minimum atomic E-state index is 0.344. The van der Waals surface area contributed by atoms with Crippen LogP contribution < -0.4 is 0 Å². The Morgan fingerprint density at radius 3 is 2.40 bits per heavy atom. The summed E-state index contributed by atoms with van der Waals surface area (Å²) in [6, 6.07) is 0. The Morgan fingerprint density at radius 2 is 2.00 bits per heavy atom. The molecule has 0 N–H and O–H groups in total. The molecular weight excluding hydrogens is 164 g/mol. The van der Waals surface area contributed by atoms with Gasteiger partial charge in [0.1, 0.15) is 0 Å². The third-order valence-electron chi connectivity index (χ3n) is 1.54. The molecule has 2 heteroatoms. The molecule has 2 unspecified atom stereocenters. The molecule has 62 valence electrons. The largest absolute Gasteiger partial charge is 0.165 e. The van der Waals surface area contributed by atoms with Crippen molar-refractivity contribution in [2.45, 2.75) is 32.1 Å². The monoisotopic (exact) mass is 180 g/mol. The van der Waals surface area contributed by atoms with Crippen molar-refractivity contribution in [2.24, 2.45) is 5.92 Å². The zero-order valence-electron chi connectivity index (χ0n) is 7.06. The lowest BCUT2D eigenvalue weighted by Gasteiger charge is -2.10. The van der Waals surface area contributed by atoms with Crippen LogP contribution in [-0.4, -0.2) is 17.4 Å². The first-order chi connectivity index (χ1) is 4.66. The average Bonchev–Trinajstić information content (AvgIpc) is 1.82. The van der Waals surface area contributed by atoms with E-state index in [1.807, 2.05) is 11.8 Å². The van der Waals surface area contributed by atoms with Gasteiger partial charge in [-0.1, -0.05) is 6.92 Å². The lowest BCUT2D eigenvalue weighted by molar-refractivity contribution is 0.517. The SMILES string of the molecule is CSCCC(C)CC(C)Cl. The standard InChI is InChI=1S/C8H17ClS/c1-7(4-5-10-3)6-8(2)9/h7-8H,4-6H2,1-3H3. The summed E-state index contributed by atoms with van der Waals surface area (Å²) in [5.41, 5.74) is 0. The van der Waals surface area contributed by atoms with Gasteiger partial charge in [-0.05, 0) is 37.7 Å². The third-order valence-corrected chi connectivity index (χ3v) is 2.36. The summed E-state index contributed by atoms with van der Waals surface area (Å²) in [5, 5.41) is 0.344. The molecule has 0 saturated heterocycles. The second kappa shape index (κ2) is 6.36. The highest BCUT2D eigenvalue weighted by Gasteiger charge is 2.04. The highest BCUT2D eigenvalue weighted by Crippen LogP contribution is 2.15. The Hall–Kier alpha value is 0.640. The lowest BCUT2D eigenvalue weighted by Crippen LogP contribution is -2.02. The molecule has 0 aliphatic rings. The average molecular weight is 181 g/mol. The van der Waals surface area contributed by atoms with Crippen LogP contribution in [0.4, 0.5) is 0 Å². The molecule has 0 aromatic rings. The number of rotatable bonds is 5. The predicted octanol–water partition coefficient (Wildman–Crippen LogP) is 3.39. The summed E-state index contributed by atoms with van der Waals surface area (Å²) in [6.07, 6.45) is 4.61. The van der Waals surface area contributed by atoms with Crippen LogP contribution >= 0.6 is 23.4 Å². The van der Waals surface area contributed by atoms with Gasteiger partial charge in [-0.15, -0.1) is 11.6 Å². The van der Waals surface area contributed by atoms with Gasteiger partial charge >= 0.3 is 0 Å². The van der Waals surface area contributed by atoms with Crippen LogP contribution in [0.3, 0.4) is 0 Å². The van der Waals surface area contributed by atoms with Crippen LogP contribution in [0.1, 0.15) is 26.7 Å². The van der Waals surface area contributed by atoms with Gasteiger partial charge in [-0.3, -0.25) is 0 Å². The van der Waals surface area contributed by atoms with E-state index >= 15 is 0 Å². The molecule has 0 heterocycles. The highest BCUT2D eigenvalue weighted by atomic mass is 35.5. The van der Waals surface area contributed by atoms with E-state index in [1.54, 1.807) is 0 Å². The normalized spacial score (nSPS) is 16.8. The maximum absolute atomic E-state index is 5.84. The van der Waals surface area contributed by atoms with E-state index < -0.39 is 0 Å². The maximum atomic E-state index is 5.84. The van der Waals surface area contributed by atoms with E-state index in [9.17, 15) is 0 Å². The van der Waals surface area contributed by atoms with Crippen LogP contribution in [-0.2, 0) is 0 Å². The number of hydrogen-bond donors (Lipinski definition) is 0. The Morgan fingerprint density at radius 1 is 1.40 bits per heavy atom. The molecule has 0 nitrogen and oxygen atoms in total. The van der Waals surface area contributed by atoms with E-state index in [-0.39, 0.29) is 0 Å². The topological polar surface area (TPSA) is 0 Å². The Kier molecular flexibility index (Phi) is 6.76. The van der Waals surface area contributed by atoms with Gasteiger partial charge in [0.2, 0.25) is 0 Å². The van der Waals surface area contributed by atoms with Gasteiger partial charge in [0.25, 0.3) is 0 Å². The number of halogens is 1. The van der Waals surface area contributed by atoms with Crippen LogP contribution in [0.15, 0.2) is 0 Å². The highest BCUT2D eigenvalue weighted by molar-refractivity contribution is 7.98. The second-order valence-electron chi connectivity index (χ2n) is 2.90. The van der Waals surface area contributed by atoms with Crippen molar-refractivity contribution >= 4 is 23.4 Å². The fourth-order valence-corrected chi connectivity index (χ4v) is 1.93. The van der Waals surface area contributed by atoms with Gasteiger partial charge in [-0.2, -0.15) is 11.8 Å². The van der Waals surface area contributed by atoms with Crippen molar-refractivity contribution in [3.05, 3.63) is 0 Å². The van der Waals surface area contributed by atoms with Crippen molar-refractivity contribution in [3.8, 4) is 0 Å². The van der Waals surface area contributed by atoms with Gasteiger partial charge in [-0.25, -0.2) is 0 Å². The summed E-state index contributed by atoms with van der Waals surface area (Å²) in [7, 11) is 0. The van der Waals surface area contributed by atoms with Gasteiger partial charge in [0.15, 0.2) is 0 Å². The van der Waals surface area contributed by atoms with Crippen molar-refractivity contribution in [2.75, 3.05) is 12.0 Å². The summed E-state index contributed by atoms with van der Waals surface area (Å²) in [6.45, 7) is 4.34. The summed E-state index contributed by atoms with van der Waals surface area (Å²) in [4.78, 5) is 0. The molecule has 0 saturated carbocycles. The quantitative estimate of drug-likeness (QED) is 0.585. The Bertz CT molecular complexity index is 73.7. The molecule has 0 aliphatic heterocycles. The zero-order chi connectivity index (χ0) is 7.98. The second-order valence-corrected chi connectivity index (χ2v) is 4.63. The van der Waals surface area contributed by atoms with Crippen LogP contribution in [0.5, 0.6) is 0 Å². The van der Waals surface area contributed by atoms with Crippen LogP contribution in [0.25, 0.3) is 0 Å². The first-order valence-electron chi connectivity index (χ1n) is 3.79. The van der Waals surface area contributed by atoms with Crippen LogP contribution in [0, 0.1) is 5.92 Å². The fourth-order valence-electron chi connectivity index (χ4n) is 0.991. The number of hydrogen-bond acceptors (Lipinski definition) is 1. The van der Waals surface area contributed by atoms with E-state index in [2.05, 4.69) is 20.1 Å².